The number of benzene rings is 2. The second-order valence-corrected chi connectivity index (χ2v) is 10.4. The van der Waals surface area contributed by atoms with E-state index in [2.05, 4.69) is 36.5 Å². The van der Waals surface area contributed by atoms with Crippen molar-refractivity contribution in [3.05, 3.63) is 65.7 Å². The predicted octanol–water partition coefficient (Wildman–Crippen LogP) is 3.45. The van der Waals surface area contributed by atoms with Crippen LogP contribution in [0, 0.1) is 12.8 Å². The van der Waals surface area contributed by atoms with Gasteiger partial charge in [0.15, 0.2) is 0 Å². The molecule has 1 fully saturated rings. The Kier molecular flexibility index (Phi) is 7.75. The largest absolute Gasteiger partial charge is 0.355 e. The van der Waals surface area contributed by atoms with E-state index in [1.807, 2.05) is 0 Å². The maximum atomic E-state index is 12.8. The van der Waals surface area contributed by atoms with Crippen molar-refractivity contribution in [2.24, 2.45) is 5.92 Å². The molecule has 0 unspecified atom stereocenters. The van der Waals surface area contributed by atoms with E-state index in [1.54, 1.807) is 42.1 Å². The Morgan fingerprint density at radius 3 is 2.72 bits per heavy atom. The smallest absolute Gasteiger partial charge is 0.243 e. The highest BCUT2D eigenvalue weighted by molar-refractivity contribution is 7.98. The topological polar surface area (TPSA) is 66.5 Å². The summed E-state index contributed by atoms with van der Waals surface area (Å²) in [6.07, 6.45) is 1.43. The number of rotatable bonds is 8. The van der Waals surface area contributed by atoms with Crippen LogP contribution in [-0.2, 0) is 20.6 Å². The van der Waals surface area contributed by atoms with Crippen LogP contribution in [0.2, 0.25) is 0 Å². The van der Waals surface area contributed by atoms with Crippen LogP contribution < -0.4 is 5.32 Å². The summed E-state index contributed by atoms with van der Waals surface area (Å²) in [4.78, 5) is 12.8. The molecule has 7 heteroatoms. The lowest BCUT2D eigenvalue weighted by Gasteiger charge is -2.31. The zero-order chi connectivity index (χ0) is 20.7. The highest BCUT2D eigenvalue weighted by atomic mass is 32.2. The van der Waals surface area contributed by atoms with Gasteiger partial charge in [0.05, 0.1) is 10.8 Å². The fourth-order valence-corrected chi connectivity index (χ4v) is 5.85. The second-order valence-electron chi connectivity index (χ2n) is 7.35. The Morgan fingerprint density at radius 1 is 1.17 bits per heavy atom. The van der Waals surface area contributed by atoms with Gasteiger partial charge in [-0.2, -0.15) is 16.1 Å². The molecule has 2 aromatic carbocycles. The van der Waals surface area contributed by atoms with Gasteiger partial charge in [0.1, 0.15) is 0 Å². The molecule has 1 amide bonds. The van der Waals surface area contributed by atoms with E-state index in [0.717, 1.165) is 17.9 Å². The van der Waals surface area contributed by atoms with Gasteiger partial charge in [-0.05, 0) is 37.5 Å². The van der Waals surface area contributed by atoms with Gasteiger partial charge in [0.2, 0.25) is 15.9 Å². The van der Waals surface area contributed by atoms with Gasteiger partial charge in [-0.1, -0.05) is 48.0 Å². The highest BCUT2D eigenvalue weighted by Crippen LogP contribution is 2.23. The minimum absolute atomic E-state index is 0.0471. The number of hydrogen-bond acceptors (Lipinski definition) is 4. The van der Waals surface area contributed by atoms with Crippen molar-refractivity contribution >= 4 is 27.7 Å². The first-order valence-electron chi connectivity index (χ1n) is 9.93. The quantitative estimate of drug-likeness (QED) is 0.649. The fourth-order valence-electron chi connectivity index (χ4n) is 3.50. The number of sulfonamides is 1. The Bertz CT molecular complexity index is 917. The van der Waals surface area contributed by atoms with Gasteiger partial charge in [0, 0.05) is 31.1 Å². The van der Waals surface area contributed by atoms with Gasteiger partial charge >= 0.3 is 0 Å². The van der Waals surface area contributed by atoms with E-state index in [1.165, 1.54) is 15.4 Å². The van der Waals surface area contributed by atoms with E-state index in [0.29, 0.717) is 19.5 Å². The SMILES string of the molecule is Cc1cccc(CSCCNC(=O)[C@H]2CCCN(S(=O)(=O)c3ccccc3)C2)c1. The second kappa shape index (κ2) is 10.3. The van der Waals surface area contributed by atoms with Crippen LogP contribution in [0.3, 0.4) is 0 Å². The molecule has 29 heavy (non-hydrogen) atoms. The van der Waals surface area contributed by atoms with E-state index < -0.39 is 10.0 Å². The summed E-state index contributed by atoms with van der Waals surface area (Å²) in [5.41, 5.74) is 2.54. The summed E-state index contributed by atoms with van der Waals surface area (Å²) in [6, 6.07) is 16.9. The molecule has 1 aliphatic heterocycles. The lowest BCUT2D eigenvalue weighted by atomic mass is 9.99. The molecule has 5 nitrogen and oxygen atoms in total. The minimum atomic E-state index is -3.54. The molecule has 1 saturated heterocycles. The Balaban J connectivity index is 1.45. The van der Waals surface area contributed by atoms with Crippen LogP contribution in [0.5, 0.6) is 0 Å². The average molecular weight is 433 g/mol. The zero-order valence-electron chi connectivity index (χ0n) is 16.7. The number of carbonyl (C=O) groups excluding carboxylic acids is 1. The van der Waals surface area contributed by atoms with Crippen molar-refractivity contribution in [3.8, 4) is 0 Å². The summed E-state index contributed by atoms with van der Waals surface area (Å²) < 4.78 is 27.1. The number of nitrogens with zero attached hydrogens (tertiary/aromatic N) is 1. The summed E-state index contributed by atoms with van der Waals surface area (Å²) >= 11 is 1.78. The molecule has 1 aliphatic rings. The third-order valence-electron chi connectivity index (χ3n) is 5.03. The first-order chi connectivity index (χ1) is 14.0. The Labute approximate surface area is 177 Å². The van der Waals surface area contributed by atoms with Crippen LogP contribution in [0.15, 0.2) is 59.5 Å². The zero-order valence-corrected chi connectivity index (χ0v) is 18.3. The molecule has 1 heterocycles. The summed E-state index contributed by atoms with van der Waals surface area (Å²) in [6.45, 7) is 3.39. The van der Waals surface area contributed by atoms with Crippen LogP contribution in [0.25, 0.3) is 0 Å². The predicted molar refractivity (Wildman–Crippen MR) is 118 cm³/mol. The molecule has 0 aromatic heterocycles. The van der Waals surface area contributed by atoms with E-state index in [-0.39, 0.29) is 23.3 Å². The highest BCUT2D eigenvalue weighted by Gasteiger charge is 2.33. The van der Waals surface area contributed by atoms with E-state index >= 15 is 0 Å². The molecular weight excluding hydrogens is 404 g/mol. The molecule has 0 radical (unpaired) electrons. The standard InChI is InChI=1S/C22H28N2O3S2/c1-18-7-5-8-19(15-18)17-28-14-12-23-22(25)20-9-6-13-24(16-20)29(26,27)21-10-3-2-4-11-21/h2-5,7-8,10-11,15,20H,6,9,12-14,16-17H2,1H3,(H,23,25)/t20-/m0/s1. The van der Waals surface area contributed by atoms with Gasteiger partial charge < -0.3 is 5.32 Å². The van der Waals surface area contributed by atoms with Crippen LogP contribution in [0.1, 0.15) is 24.0 Å². The molecule has 3 rings (SSSR count). The maximum Gasteiger partial charge on any atom is 0.243 e. The lowest BCUT2D eigenvalue weighted by Crippen LogP contribution is -2.45. The van der Waals surface area contributed by atoms with Crippen molar-refractivity contribution in [2.75, 3.05) is 25.4 Å². The first-order valence-corrected chi connectivity index (χ1v) is 12.5. The normalized spacial score (nSPS) is 17.8. The van der Waals surface area contributed by atoms with Crippen LogP contribution in [0.4, 0.5) is 0 Å². The fraction of sp³-hybridized carbons (Fsp3) is 0.409. The number of hydrogen-bond donors (Lipinski definition) is 1. The van der Waals surface area contributed by atoms with Crippen molar-refractivity contribution in [2.45, 2.75) is 30.4 Å². The monoisotopic (exact) mass is 432 g/mol. The number of nitrogens with one attached hydrogen (secondary N) is 1. The van der Waals surface area contributed by atoms with Crippen LogP contribution in [-0.4, -0.2) is 44.0 Å². The van der Waals surface area contributed by atoms with Gasteiger partial charge in [-0.25, -0.2) is 8.42 Å². The van der Waals surface area contributed by atoms with Crippen molar-refractivity contribution in [3.63, 3.8) is 0 Å². The third-order valence-corrected chi connectivity index (χ3v) is 7.94. The molecular formula is C22H28N2O3S2. The van der Waals surface area contributed by atoms with E-state index in [4.69, 9.17) is 0 Å². The number of piperidine rings is 1. The molecule has 0 aliphatic carbocycles. The summed E-state index contributed by atoms with van der Waals surface area (Å²) in [5.74, 6) is 1.42. The maximum absolute atomic E-state index is 12.8. The lowest BCUT2D eigenvalue weighted by molar-refractivity contribution is -0.125. The molecule has 1 N–H and O–H groups in total. The molecule has 0 spiro atoms. The number of aryl methyl sites for hydroxylation is 1. The van der Waals surface area contributed by atoms with Crippen molar-refractivity contribution in [1.29, 1.82) is 0 Å². The average Bonchev–Trinajstić information content (AvgIpc) is 2.74. The number of thioether (sulfide) groups is 1. The third kappa shape index (κ3) is 6.07. The number of amides is 1. The van der Waals surface area contributed by atoms with Crippen molar-refractivity contribution < 1.29 is 13.2 Å². The Morgan fingerprint density at radius 2 is 1.97 bits per heavy atom. The van der Waals surface area contributed by atoms with E-state index in [9.17, 15) is 13.2 Å². The molecule has 2 aromatic rings. The van der Waals surface area contributed by atoms with Gasteiger partial charge in [-0.15, -0.1) is 0 Å². The molecule has 156 valence electrons. The summed E-state index contributed by atoms with van der Waals surface area (Å²) in [7, 11) is -3.54. The molecule has 0 bridgehead atoms. The summed E-state index contributed by atoms with van der Waals surface area (Å²) in [5, 5.41) is 2.98. The first kappa shape index (κ1) is 21.9. The molecule has 1 atom stereocenters. The minimum Gasteiger partial charge on any atom is -0.355 e. The van der Waals surface area contributed by atoms with Gasteiger partial charge in [0.25, 0.3) is 0 Å². The van der Waals surface area contributed by atoms with Gasteiger partial charge in [-0.3, -0.25) is 4.79 Å². The van der Waals surface area contributed by atoms with Crippen LogP contribution >= 0.6 is 11.8 Å². The van der Waals surface area contributed by atoms with Crippen molar-refractivity contribution in [1.82, 2.24) is 9.62 Å². The molecule has 0 saturated carbocycles. The number of carbonyl (C=O) groups is 1. The Hall–Kier alpha value is -1.83.